The van der Waals surface area contributed by atoms with Gasteiger partial charge < -0.3 is 36.2 Å². The van der Waals surface area contributed by atoms with Gasteiger partial charge in [-0.1, -0.05) is 18.2 Å². The van der Waals surface area contributed by atoms with E-state index in [4.69, 9.17) is 10.8 Å². The van der Waals surface area contributed by atoms with Crippen molar-refractivity contribution in [3.05, 3.63) is 54.2 Å². The second-order valence-electron chi connectivity index (χ2n) is 7.28. The third-order valence-electron chi connectivity index (χ3n) is 5.00. The summed E-state index contributed by atoms with van der Waals surface area (Å²) in [5, 5.41) is 15.3. The van der Waals surface area contributed by atoms with Crippen LogP contribution in [0.5, 0.6) is 0 Å². The van der Waals surface area contributed by atoms with E-state index in [1.54, 1.807) is 12.4 Å². The van der Waals surface area contributed by atoms with Crippen LogP contribution < -0.4 is 16.4 Å². The van der Waals surface area contributed by atoms with Crippen molar-refractivity contribution in [3.63, 3.8) is 0 Å². The number of benzene rings is 1. The van der Waals surface area contributed by atoms with Crippen molar-refractivity contribution in [1.29, 1.82) is 0 Å². The number of amides is 2. The molecule has 10 nitrogen and oxygen atoms in total. The fourth-order valence-electron chi connectivity index (χ4n) is 3.33. The number of hydrogen-bond donors (Lipinski definition) is 6. The first-order valence-corrected chi connectivity index (χ1v) is 9.96. The minimum Gasteiger partial charge on any atom is -0.396 e. The Balaban J connectivity index is 1.76. The summed E-state index contributed by atoms with van der Waals surface area (Å²) in [6.07, 6.45) is 5.93. The molecule has 10 heteroatoms. The maximum atomic E-state index is 12.9. The maximum absolute atomic E-state index is 12.9. The molecule has 1 unspecified atom stereocenters. The third kappa shape index (κ3) is 5.77. The second-order valence-corrected chi connectivity index (χ2v) is 7.28. The highest BCUT2D eigenvalue weighted by Gasteiger charge is 2.27. The number of aliphatic hydroxyl groups is 1. The number of aromatic nitrogens is 3. The molecule has 164 valence electrons. The molecule has 31 heavy (non-hydrogen) atoms. The summed E-state index contributed by atoms with van der Waals surface area (Å²) < 4.78 is 0. The minimum absolute atomic E-state index is 0.0856. The first kappa shape index (κ1) is 22.2. The highest BCUT2D eigenvalue weighted by molar-refractivity contribution is 5.92. The highest BCUT2D eigenvalue weighted by atomic mass is 16.3. The number of imidazole rings is 1. The molecule has 0 radical (unpaired) electrons. The van der Waals surface area contributed by atoms with Gasteiger partial charge in [-0.25, -0.2) is 4.98 Å². The van der Waals surface area contributed by atoms with Crippen LogP contribution in [0.15, 0.2) is 43.0 Å². The van der Waals surface area contributed by atoms with Gasteiger partial charge in [0.2, 0.25) is 11.8 Å². The van der Waals surface area contributed by atoms with Gasteiger partial charge in [-0.3, -0.25) is 9.59 Å². The van der Waals surface area contributed by atoms with Crippen molar-refractivity contribution < 1.29 is 19.5 Å². The van der Waals surface area contributed by atoms with E-state index in [0.29, 0.717) is 12.0 Å². The lowest BCUT2D eigenvalue weighted by Crippen LogP contribution is -2.54. The molecule has 3 atom stereocenters. The molecule has 2 heterocycles. The molecule has 3 aromatic rings. The summed E-state index contributed by atoms with van der Waals surface area (Å²) in [4.78, 5) is 46.7. The zero-order chi connectivity index (χ0) is 22.2. The molecule has 0 aliphatic rings. The Morgan fingerprint density at radius 3 is 2.68 bits per heavy atom. The van der Waals surface area contributed by atoms with E-state index in [9.17, 15) is 14.4 Å². The average molecular weight is 426 g/mol. The van der Waals surface area contributed by atoms with Gasteiger partial charge in [-0.05, 0) is 18.1 Å². The number of para-hydroxylation sites is 1. The lowest BCUT2D eigenvalue weighted by Gasteiger charge is -2.22. The smallest absolute Gasteiger partial charge is 0.243 e. The number of nitrogens with one attached hydrogen (secondary N) is 4. The maximum Gasteiger partial charge on any atom is 0.243 e. The number of carbonyl (C=O) groups is 3. The summed E-state index contributed by atoms with van der Waals surface area (Å²) in [6, 6.07) is 4.92. The van der Waals surface area contributed by atoms with E-state index in [2.05, 4.69) is 25.6 Å². The van der Waals surface area contributed by atoms with Gasteiger partial charge >= 0.3 is 0 Å². The quantitative estimate of drug-likeness (QED) is 0.227. The van der Waals surface area contributed by atoms with Crippen LogP contribution in [0.4, 0.5) is 0 Å². The van der Waals surface area contributed by atoms with Gasteiger partial charge in [-0.15, -0.1) is 0 Å². The van der Waals surface area contributed by atoms with E-state index in [-0.39, 0.29) is 25.9 Å². The number of hydrogen-bond acceptors (Lipinski definition) is 6. The third-order valence-corrected chi connectivity index (χ3v) is 5.00. The van der Waals surface area contributed by atoms with Crippen molar-refractivity contribution in [2.24, 2.45) is 5.73 Å². The first-order chi connectivity index (χ1) is 15.0. The van der Waals surface area contributed by atoms with Gasteiger partial charge in [0.1, 0.15) is 12.3 Å². The molecule has 0 saturated heterocycles. The van der Waals surface area contributed by atoms with Crippen LogP contribution >= 0.6 is 0 Å². The Kier molecular flexibility index (Phi) is 7.52. The van der Waals surface area contributed by atoms with Crippen LogP contribution in [0.25, 0.3) is 10.9 Å². The largest absolute Gasteiger partial charge is 0.396 e. The topological polar surface area (TPSA) is 166 Å². The monoisotopic (exact) mass is 426 g/mol. The Morgan fingerprint density at radius 1 is 1.16 bits per heavy atom. The molecular weight excluding hydrogens is 400 g/mol. The molecule has 0 bridgehead atoms. The lowest BCUT2D eigenvalue weighted by atomic mass is 10.0. The Morgan fingerprint density at radius 2 is 1.97 bits per heavy atom. The van der Waals surface area contributed by atoms with Gasteiger partial charge in [0.05, 0.1) is 18.4 Å². The van der Waals surface area contributed by atoms with E-state index >= 15 is 0 Å². The molecule has 0 spiro atoms. The van der Waals surface area contributed by atoms with Crippen LogP contribution in [0.3, 0.4) is 0 Å². The Labute approximate surface area is 178 Å². The van der Waals surface area contributed by atoms with Gasteiger partial charge in [0.15, 0.2) is 0 Å². The number of aromatic amines is 2. The zero-order valence-corrected chi connectivity index (χ0v) is 16.9. The predicted octanol–water partition coefficient (Wildman–Crippen LogP) is -0.446. The van der Waals surface area contributed by atoms with Gasteiger partial charge in [0, 0.05) is 48.4 Å². The van der Waals surface area contributed by atoms with E-state index < -0.39 is 29.9 Å². The molecular formula is C21H26N6O4. The van der Waals surface area contributed by atoms with Crippen LogP contribution in [0, 0.1) is 0 Å². The number of fused-ring (bicyclic) bond motifs is 1. The summed E-state index contributed by atoms with van der Waals surface area (Å²) >= 11 is 0. The number of aldehydes is 1. The van der Waals surface area contributed by atoms with Crippen molar-refractivity contribution in [2.45, 2.75) is 37.4 Å². The van der Waals surface area contributed by atoms with Crippen LogP contribution in [0.2, 0.25) is 0 Å². The number of carbonyl (C=O) groups excluding carboxylic acids is 3. The van der Waals surface area contributed by atoms with Crippen LogP contribution in [0.1, 0.15) is 17.7 Å². The van der Waals surface area contributed by atoms with Crippen molar-refractivity contribution >= 4 is 29.0 Å². The summed E-state index contributed by atoms with van der Waals surface area (Å²) in [7, 11) is 0. The highest BCUT2D eigenvalue weighted by Crippen LogP contribution is 2.19. The number of nitrogens with two attached hydrogens (primary N) is 1. The normalized spacial score (nSPS) is 14.0. The zero-order valence-electron chi connectivity index (χ0n) is 16.9. The van der Waals surface area contributed by atoms with Gasteiger partial charge in [0.25, 0.3) is 0 Å². The number of rotatable bonds is 11. The number of H-pyrrole nitrogens is 2. The summed E-state index contributed by atoms with van der Waals surface area (Å²) in [6.45, 7) is -0.252. The SMILES string of the molecule is NC(Cc1cnc[nH]1)C(=O)N[C@@H](Cc1c[nH]c2ccccc12)C(=O)N[C@H](C=O)CCO. The fraction of sp³-hybridized carbons (Fsp3) is 0.333. The molecule has 2 amide bonds. The van der Waals surface area contributed by atoms with E-state index in [0.717, 1.165) is 16.5 Å². The van der Waals surface area contributed by atoms with Crippen molar-refractivity contribution in [3.8, 4) is 0 Å². The second kappa shape index (κ2) is 10.5. The van der Waals surface area contributed by atoms with E-state index in [1.165, 1.54) is 6.33 Å². The molecule has 3 rings (SSSR count). The van der Waals surface area contributed by atoms with Crippen LogP contribution in [-0.4, -0.2) is 62.9 Å². The average Bonchev–Trinajstić information content (AvgIpc) is 3.42. The predicted molar refractivity (Wildman–Crippen MR) is 114 cm³/mol. The summed E-state index contributed by atoms with van der Waals surface area (Å²) in [5.41, 5.74) is 8.45. The van der Waals surface area contributed by atoms with Crippen molar-refractivity contribution in [2.75, 3.05) is 6.61 Å². The van der Waals surface area contributed by atoms with Gasteiger partial charge in [-0.2, -0.15) is 0 Å². The fourth-order valence-corrected chi connectivity index (χ4v) is 3.33. The molecule has 0 aliphatic heterocycles. The van der Waals surface area contributed by atoms with Crippen molar-refractivity contribution in [1.82, 2.24) is 25.6 Å². The standard InChI is InChI=1S/C21H26N6O4/c22-17(8-15-10-23-12-25-15)20(30)27-19(21(31)26-14(11-29)5-6-28)7-13-9-24-18-4-2-1-3-16(13)18/h1-4,9-12,14,17,19,24,28H,5-8,22H2,(H,23,25)(H,26,31)(H,27,30)/t14-,17?,19-/m0/s1. The van der Waals surface area contributed by atoms with Crippen LogP contribution in [-0.2, 0) is 27.2 Å². The van der Waals surface area contributed by atoms with E-state index in [1.807, 2.05) is 24.3 Å². The number of nitrogens with zero attached hydrogens (tertiary/aromatic N) is 1. The lowest BCUT2D eigenvalue weighted by molar-refractivity contribution is -0.130. The molecule has 1 aromatic carbocycles. The molecule has 2 aromatic heterocycles. The Hall–Kier alpha value is -3.50. The molecule has 0 fully saturated rings. The minimum atomic E-state index is -0.958. The molecule has 7 N–H and O–H groups in total. The number of aliphatic hydroxyl groups excluding tert-OH is 1. The first-order valence-electron chi connectivity index (χ1n) is 9.96. The molecule has 0 aliphatic carbocycles. The Bertz CT molecular complexity index is 1020. The summed E-state index contributed by atoms with van der Waals surface area (Å²) in [5.74, 6) is -1.03. The molecule has 0 saturated carbocycles.